The molecule has 1 atom stereocenters. The zero-order chi connectivity index (χ0) is 11.4. The molecule has 0 aliphatic carbocycles. The van der Waals surface area contributed by atoms with Crippen molar-refractivity contribution in [2.45, 2.75) is 26.9 Å². The Hall–Kier alpha value is -0.940. The molecule has 1 unspecified atom stereocenters. The predicted octanol–water partition coefficient (Wildman–Crippen LogP) is 2.34. The van der Waals surface area contributed by atoms with Crippen LogP contribution >= 0.6 is 11.3 Å². The number of thiazole rings is 1. The van der Waals surface area contributed by atoms with Crippen molar-refractivity contribution in [2.75, 3.05) is 13.7 Å². The molecule has 1 aromatic rings. The average Bonchev–Trinajstić information content (AvgIpc) is 2.60. The van der Waals surface area contributed by atoms with E-state index in [0.717, 1.165) is 9.88 Å². The molecule has 0 spiro atoms. The normalized spacial score (nSPS) is 12.5. The summed E-state index contributed by atoms with van der Waals surface area (Å²) in [5.74, 6) is -0.390. The van der Waals surface area contributed by atoms with Gasteiger partial charge in [-0.25, -0.2) is 9.78 Å². The molecule has 0 saturated heterocycles. The minimum absolute atomic E-state index is 0.0721. The molecule has 0 aromatic carbocycles. The molecule has 0 aliphatic heterocycles. The van der Waals surface area contributed by atoms with Crippen LogP contribution in [-0.2, 0) is 9.47 Å². The highest BCUT2D eigenvalue weighted by Crippen LogP contribution is 2.25. The Kier molecular flexibility index (Phi) is 4.23. The highest BCUT2D eigenvalue weighted by atomic mass is 32.1. The van der Waals surface area contributed by atoms with Gasteiger partial charge in [-0.05, 0) is 20.8 Å². The van der Waals surface area contributed by atoms with Crippen molar-refractivity contribution < 1.29 is 14.3 Å². The third kappa shape index (κ3) is 2.76. The molecule has 0 bridgehead atoms. The van der Waals surface area contributed by atoms with Gasteiger partial charge in [-0.2, -0.15) is 0 Å². The second-order valence-electron chi connectivity index (χ2n) is 3.05. The van der Waals surface area contributed by atoms with E-state index in [1.165, 1.54) is 18.4 Å². The van der Waals surface area contributed by atoms with Gasteiger partial charge in [-0.3, -0.25) is 0 Å². The molecule has 1 aromatic heterocycles. The van der Waals surface area contributed by atoms with Crippen LogP contribution in [0.25, 0.3) is 0 Å². The van der Waals surface area contributed by atoms with Gasteiger partial charge in [-0.15, -0.1) is 11.3 Å². The molecule has 1 rings (SSSR count). The molecule has 0 fully saturated rings. The molecule has 84 valence electrons. The molecule has 15 heavy (non-hydrogen) atoms. The maximum Gasteiger partial charge on any atom is 0.357 e. The minimum Gasteiger partial charge on any atom is -0.464 e. The van der Waals surface area contributed by atoms with Crippen molar-refractivity contribution in [3.8, 4) is 0 Å². The Morgan fingerprint density at radius 3 is 2.80 bits per heavy atom. The quantitative estimate of drug-likeness (QED) is 0.743. The van der Waals surface area contributed by atoms with Crippen LogP contribution < -0.4 is 0 Å². The Labute approximate surface area is 93.2 Å². The Balaban J connectivity index is 2.90. The number of aryl methyl sites for hydroxylation is 1. The first-order valence-corrected chi connectivity index (χ1v) is 5.59. The van der Waals surface area contributed by atoms with Crippen molar-refractivity contribution in [3.05, 3.63) is 15.6 Å². The third-order valence-electron chi connectivity index (χ3n) is 1.96. The van der Waals surface area contributed by atoms with E-state index in [-0.39, 0.29) is 6.10 Å². The van der Waals surface area contributed by atoms with Gasteiger partial charge in [0.25, 0.3) is 0 Å². The second-order valence-corrected chi connectivity index (χ2v) is 4.28. The van der Waals surface area contributed by atoms with E-state index in [1.807, 2.05) is 20.8 Å². The van der Waals surface area contributed by atoms with Gasteiger partial charge < -0.3 is 9.47 Å². The van der Waals surface area contributed by atoms with Crippen LogP contribution in [0, 0.1) is 6.92 Å². The average molecular weight is 229 g/mol. The van der Waals surface area contributed by atoms with Crippen LogP contribution in [0.1, 0.15) is 40.3 Å². The zero-order valence-electron chi connectivity index (χ0n) is 9.36. The number of hydrogen-bond acceptors (Lipinski definition) is 5. The lowest BCUT2D eigenvalue weighted by molar-refractivity contribution is 0.0590. The van der Waals surface area contributed by atoms with E-state index in [1.54, 1.807) is 0 Å². The molecule has 0 saturated carbocycles. The predicted molar refractivity (Wildman–Crippen MR) is 58.2 cm³/mol. The molecule has 0 aliphatic rings. The first kappa shape index (κ1) is 12.1. The highest BCUT2D eigenvalue weighted by Gasteiger charge is 2.18. The molecule has 0 N–H and O–H groups in total. The lowest BCUT2D eigenvalue weighted by Crippen LogP contribution is -2.05. The topological polar surface area (TPSA) is 48.4 Å². The number of carbonyl (C=O) groups is 1. The molecular formula is C10H15NO3S. The fraction of sp³-hybridized carbons (Fsp3) is 0.600. The smallest absolute Gasteiger partial charge is 0.357 e. The lowest BCUT2D eigenvalue weighted by Gasteiger charge is -2.06. The molecule has 5 heteroatoms. The summed E-state index contributed by atoms with van der Waals surface area (Å²) in [6, 6.07) is 0. The van der Waals surface area contributed by atoms with Crippen molar-refractivity contribution in [1.29, 1.82) is 0 Å². The first-order chi connectivity index (χ1) is 7.10. The maximum absolute atomic E-state index is 11.3. The fourth-order valence-electron chi connectivity index (χ4n) is 1.20. The fourth-order valence-corrected chi connectivity index (χ4v) is 2.11. The van der Waals surface area contributed by atoms with Crippen LogP contribution in [0.2, 0.25) is 0 Å². The van der Waals surface area contributed by atoms with Gasteiger partial charge in [0.1, 0.15) is 11.1 Å². The van der Waals surface area contributed by atoms with E-state index in [9.17, 15) is 4.79 Å². The van der Waals surface area contributed by atoms with E-state index >= 15 is 0 Å². The van der Waals surface area contributed by atoms with Gasteiger partial charge in [0, 0.05) is 11.5 Å². The summed E-state index contributed by atoms with van der Waals surface area (Å²) in [5.41, 5.74) is 0.393. The minimum atomic E-state index is -0.390. The Morgan fingerprint density at radius 1 is 1.60 bits per heavy atom. The van der Waals surface area contributed by atoms with Crippen LogP contribution in [0.3, 0.4) is 0 Å². The number of ether oxygens (including phenoxy) is 2. The van der Waals surface area contributed by atoms with Crippen molar-refractivity contribution in [2.24, 2.45) is 0 Å². The summed E-state index contributed by atoms with van der Waals surface area (Å²) < 4.78 is 10.0. The number of nitrogens with zero attached hydrogens (tertiary/aromatic N) is 1. The second kappa shape index (κ2) is 5.23. The largest absolute Gasteiger partial charge is 0.464 e. The summed E-state index contributed by atoms with van der Waals surface area (Å²) in [6.07, 6.45) is -0.0721. The number of aromatic nitrogens is 1. The van der Waals surface area contributed by atoms with Gasteiger partial charge in [0.15, 0.2) is 5.69 Å². The summed E-state index contributed by atoms with van der Waals surface area (Å²) in [5, 5.41) is 0.815. The van der Waals surface area contributed by atoms with Crippen LogP contribution in [0.5, 0.6) is 0 Å². The number of esters is 1. The zero-order valence-corrected chi connectivity index (χ0v) is 10.2. The van der Waals surface area contributed by atoms with Crippen molar-refractivity contribution in [3.63, 3.8) is 0 Å². The lowest BCUT2D eigenvalue weighted by atomic mass is 10.4. The molecule has 1 heterocycles. The summed E-state index contributed by atoms with van der Waals surface area (Å²) in [6.45, 7) is 6.33. The number of hydrogen-bond donors (Lipinski definition) is 0. The van der Waals surface area contributed by atoms with E-state index in [4.69, 9.17) is 4.74 Å². The van der Waals surface area contributed by atoms with Gasteiger partial charge in [0.05, 0.1) is 7.11 Å². The van der Waals surface area contributed by atoms with Gasteiger partial charge in [0.2, 0.25) is 0 Å². The molecule has 0 amide bonds. The Bertz CT molecular complexity index is 348. The van der Waals surface area contributed by atoms with Gasteiger partial charge >= 0.3 is 5.97 Å². The summed E-state index contributed by atoms with van der Waals surface area (Å²) in [7, 11) is 1.35. The Morgan fingerprint density at radius 2 is 2.27 bits per heavy atom. The molecule has 0 radical (unpaired) electrons. The van der Waals surface area contributed by atoms with Crippen LogP contribution in [-0.4, -0.2) is 24.7 Å². The van der Waals surface area contributed by atoms with E-state index < -0.39 is 5.97 Å². The first-order valence-electron chi connectivity index (χ1n) is 4.77. The van der Waals surface area contributed by atoms with Crippen molar-refractivity contribution >= 4 is 17.3 Å². The number of methoxy groups -OCH3 is 1. The maximum atomic E-state index is 11.3. The van der Waals surface area contributed by atoms with Crippen molar-refractivity contribution in [1.82, 2.24) is 4.98 Å². The SMILES string of the molecule is CCOC(C)c1nc(C(=O)OC)c(C)s1. The monoisotopic (exact) mass is 229 g/mol. The molecule has 4 nitrogen and oxygen atoms in total. The summed E-state index contributed by atoms with van der Waals surface area (Å²) in [4.78, 5) is 16.4. The van der Waals surface area contributed by atoms with E-state index in [2.05, 4.69) is 9.72 Å². The van der Waals surface area contributed by atoms with E-state index in [0.29, 0.717) is 12.3 Å². The standard InChI is InChI=1S/C10H15NO3S/c1-5-14-6(2)9-11-8(7(3)15-9)10(12)13-4/h6H,5H2,1-4H3. The number of carbonyl (C=O) groups excluding carboxylic acids is 1. The third-order valence-corrected chi connectivity index (χ3v) is 3.09. The van der Waals surface area contributed by atoms with Crippen LogP contribution in [0.4, 0.5) is 0 Å². The summed E-state index contributed by atoms with van der Waals surface area (Å²) >= 11 is 1.47. The molecular weight excluding hydrogens is 214 g/mol. The highest BCUT2D eigenvalue weighted by molar-refractivity contribution is 7.11. The van der Waals surface area contributed by atoms with Gasteiger partial charge in [-0.1, -0.05) is 0 Å². The van der Waals surface area contributed by atoms with Crippen LogP contribution in [0.15, 0.2) is 0 Å². The number of rotatable bonds is 4.